The van der Waals surface area contributed by atoms with Gasteiger partial charge in [-0.15, -0.1) is 24.9 Å². The molecule has 3 heterocycles. The summed E-state index contributed by atoms with van der Waals surface area (Å²) in [5.74, 6) is -1.16. The number of hydrogen-bond acceptors (Lipinski definition) is 6. The van der Waals surface area contributed by atoms with Gasteiger partial charge in [0, 0.05) is 36.6 Å². The average molecular weight is 590 g/mol. The second kappa shape index (κ2) is 12.0. The molecule has 42 heavy (non-hydrogen) atoms. The number of carbonyl (C=O) groups is 3. The number of benzene rings is 2. The standard InChI is InChI=1S/C33H39N3O5S/c1-5-18-34(22-23-10-8-7-9-11-23)29(38)26-27-30(39)36(20-21-37)28(33(27)17-16-32(26,3)42-33)31(40)35(19-6-2)24-12-14-25(41-4)15-13-24/h5-15,26-28,37H,1-2,16-22H2,3-4H3/t26-,27+,28?,32+,33?/m1/s1. The Kier molecular flexibility index (Phi) is 8.53. The van der Waals surface area contributed by atoms with Crippen LogP contribution >= 0.6 is 11.8 Å². The molecule has 3 aliphatic heterocycles. The predicted molar refractivity (Wildman–Crippen MR) is 165 cm³/mol. The lowest BCUT2D eigenvalue weighted by Crippen LogP contribution is -2.55. The summed E-state index contributed by atoms with van der Waals surface area (Å²) in [5.41, 5.74) is 1.66. The summed E-state index contributed by atoms with van der Waals surface area (Å²) < 4.78 is 4.02. The summed E-state index contributed by atoms with van der Waals surface area (Å²) in [4.78, 5) is 48.2. The third-order valence-electron chi connectivity index (χ3n) is 8.96. The van der Waals surface area contributed by atoms with Crippen LogP contribution in [0.1, 0.15) is 25.3 Å². The Labute approximate surface area is 252 Å². The Bertz CT molecular complexity index is 1350. The molecule has 3 saturated heterocycles. The van der Waals surface area contributed by atoms with Gasteiger partial charge in [-0.1, -0.05) is 42.5 Å². The Morgan fingerprint density at radius 2 is 1.76 bits per heavy atom. The molecule has 0 saturated carbocycles. The van der Waals surface area contributed by atoms with Gasteiger partial charge in [0.2, 0.25) is 11.8 Å². The Morgan fingerprint density at radius 1 is 1.07 bits per heavy atom. The molecule has 9 heteroatoms. The van der Waals surface area contributed by atoms with Crippen molar-refractivity contribution in [2.24, 2.45) is 11.8 Å². The third-order valence-corrected chi connectivity index (χ3v) is 10.9. The SMILES string of the molecule is C=CCN(Cc1ccccc1)C(=O)[C@H]1[C@H]2C(=O)N(CCO)C(C(=O)N(CC=C)c3ccc(OC)cc3)C23CC[C@]1(C)S3. The topological polar surface area (TPSA) is 90.4 Å². The van der Waals surface area contributed by atoms with E-state index in [9.17, 15) is 19.5 Å². The van der Waals surface area contributed by atoms with Gasteiger partial charge in [-0.25, -0.2) is 0 Å². The van der Waals surface area contributed by atoms with Crippen LogP contribution in [0.4, 0.5) is 5.69 Å². The van der Waals surface area contributed by atoms with Gasteiger partial charge in [-0.05, 0) is 49.6 Å². The number of nitrogens with zero attached hydrogens (tertiary/aromatic N) is 3. The first-order chi connectivity index (χ1) is 20.2. The van der Waals surface area contributed by atoms with Crippen molar-refractivity contribution in [2.75, 3.05) is 38.3 Å². The fourth-order valence-electron chi connectivity index (χ4n) is 7.18. The monoisotopic (exact) mass is 589 g/mol. The van der Waals surface area contributed by atoms with Gasteiger partial charge in [0.25, 0.3) is 5.91 Å². The van der Waals surface area contributed by atoms with Gasteiger partial charge in [0.05, 0.1) is 30.3 Å². The number of aliphatic hydroxyl groups is 1. The number of likely N-dealkylation sites (tertiary alicyclic amines) is 1. The van der Waals surface area contributed by atoms with Crippen LogP contribution in [-0.2, 0) is 20.9 Å². The van der Waals surface area contributed by atoms with Crippen LogP contribution < -0.4 is 9.64 Å². The number of methoxy groups -OCH3 is 1. The number of carbonyl (C=O) groups excluding carboxylic acids is 3. The van der Waals surface area contributed by atoms with Crippen molar-refractivity contribution in [1.29, 1.82) is 0 Å². The van der Waals surface area contributed by atoms with Crippen LogP contribution in [0.25, 0.3) is 0 Å². The first-order valence-corrected chi connectivity index (χ1v) is 15.2. The van der Waals surface area contributed by atoms with Gasteiger partial charge in [-0.2, -0.15) is 0 Å². The van der Waals surface area contributed by atoms with Crippen molar-refractivity contribution in [3.63, 3.8) is 0 Å². The van der Waals surface area contributed by atoms with Crippen molar-refractivity contribution in [2.45, 2.75) is 41.8 Å². The molecular formula is C33H39N3O5S. The molecule has 3 amide bonds. The summed E-state index contributed by atoms with van der Waals surface area (Å²) in [7, 11) is 1.58. The lowest BCUT2D eigenvalue weighted by Gasteiger charge is -2.38. The Morgan fingerprint density at radius 3 is 2.38 bits per heavy atom. The van der Waals surface area contributed by atoms with Crippen molar-refractivity contribution in [3.8, 4) is 5.75 Å². The molecule has 2 aromatic carbocycles. The van der Waals surface area contributed by atoms with E-state index in [-0.39, 0.29) is 37.4 Å². The number of amides is 3. The van der Waals surface area contributed by atoms with Crippen molar-refractivity contribution < 1.29 is 24.2 Å². The Balaban J connectivity index is 1.53. The maximum Gasteiger partial charge on any atom is 0.251 e. The molecule has 3 aliphatic rings. The summed E-state index contributed by atoms with van der Waals surface area (Å²) >= 11 is 1.63. The smallest absolute Gasteiger partial charge is 0.251 e. The van der Waals surface area contributed by atoms with E-state index >= 15 is 0 Å². The lowest BCUT2D eigenvalue weighted by atomic mass is 9.66. The van der Waals surface area contributed by atoms with Crippen LogP contribution in [-0.4, -0.2) is 81.5 Å². The zero-order chi connectivity index (χ0) is 30.1. The van der Waals surface area contributed by atoms with Crippen LogP contribution in [0, 0.1) is 11.8 Å². The number of ether oxygens (including phenoxy) is 1. The van der Waals surface area contributed by atoms with Gasteiger partial charge in [0.1, 0.15) is 11.8 Å². The fourth-order valence-corrected chi connectivity index (χ4v) is 9.52. The second-order valence-corrected chi connectivity index (χ2v) is 13.3. The summed E-state index contributed by atoms with van der Waals surface area (Å²) in [6.45, 7) is 10.6. The quantitative estimate of drug-likeness (QED) is 0.378. The highest BCUT2D eigenvalue weighted by Crippen LogP contribution is 2.71. The van der Waals surface area contributed by atoms with E-state index in [2.05, 4.69) is 20.1 Å². The van der Waals surface area contributed by atoms with E-state index < -0.39 is 27.4 Å². The first kappa shape index (κ1) is 29.9. The highest BCUT2D eigenvalue weighted by atomic mass is 32.2. The molecule has 1 spiro atoms. The minimum Gasteiger partial charge on any atom is -0.497 e. The van der Waals surface area contributed by atoms with Gasteiger partial charge in [-0.3, -0.25) is 14.4 Å². The van der Waals surface area contributed by atoms with Gasteiger partial charge in [0.15, 0.2) is 0 Å². The van der Waals surface area contributed by atoms with Crippen LogP contribution in [0.5, 0.6) is 5.75 Å². The molecule has 3 fully saturated rings. The number of anilines is 1. The summed E-state index contributed by atoms with van der Waals surface area (Å²) in [5, 5.41) is 10.00. The molecule has 222 valence electrons. The number of β-amino-alcohol motifs (C(OH)–C–C–N with tert-alkyl or cyclic N) is 1. The maximum atomic E-state index is 14.6. The zero-order valence-electron chi connectivity index (χ0n) is 24.3. The van der Waals surface area contributed by atoms with Crippen molar-refractivity contribution >= 4 is 35.2 Å². The molecule has 5 rings (SSSR count). The van der Waals surface area contributed by atoms with E-state index in [1.54, 1.807) is 53.0 Å². The Hall–Kier alpha value is -3.56. The lowest BCUT2D eigenvalue weighted by molar-refractivity contribution is -0.145. The van der Waals surface area contributed by atoms with Crippen molar-refractivity contribution in [3.05, 3.63) is 85.5 Å². The second-order valence-electron chi connectivity index (χ2n) is 11.4. The highest BCUT2D eigenvalue weighted by molar-refractivity contribution is 8.02. The largest absolute Gasteiger partial charge is 0.497 e. The molecule has 2 unspecified atom stereocenters. The van der Waals surface area contributed by atoms with Gasteiger partial charge >= 0.3 is 0 Å². The van der Waals surface area contributed by atoms with E-state index in [1.165, 1.54) is 4.90 Å². The minimum atomic E-state index is -0.823. The van der Waals surface area contributed by atoms with Crippen molar-refractivity contribution in [1.82, 2.24) is 9.80 Å². The number of hydrogen-bond donors (Lipinski definition) is 1. The van der Waals surface area contributed by atoms with E-state index in [0.717, 1.165) is 5.56 Å². The highest BCUT2D eigenvalue weighted by Gasteiger charge is 2.77. The summed E-state index contributed by atoms with van der Waals surface area (Å²) in [6, 6.07) is 16.2. The summed E-state index contributed by atoms with van der Waals surface area (Å²) in [6.07, 6.45) is 4.72. The maximum absolute atomic E-state index is 14.6. The molecule has 0 aliphatic carbocycles. The predicted octanol–water partition coefficient (Wildman–Crippen LogP) is 3.90. The molecule has 0 radical (unpaired) electrons. The molecular weight excluding hydrogens is 550 g/mol. The van der Waals surface area contributed by atoms with E-state index in [4.69, 9.17) is 4.74 Å². The fraction of sp³-hybridized carbons (Fsp3) is 0.424. The van der Waals surface area contributed by atoms with Crippen LogP contribution in [0.3, 0.4) is 0 Å². The normalized spacial score (nSPS) is 27.5. The third kappa shape index (κ3) is 4.92. The molecule has 0 aromatic heterocycles. The molecule has 5 atom stereocenters. The van der Waals surface area contributed by atoms with Crippen LogP contribution in [0.2, 0.25) is 0 Å². The minimum absolute atomic E-state index is 0.0244. The van der Waals surface area contributed by atoms with Crippen LogP contribution in [0.15, 0.2) is 79.9 Å². The molecule has 1 N–H and O–H groups in total. The molecule has 2 bridgehead atoms. The number of rotatable bonds is 12. The zero-order valence-corrected chi connectivity index (χ0v) is 25.1. The number of aliphatic hydroxyl groups excluding tert-OH is 1. The molecule has 2 aromatic rings. The average Bonchev–Trinajstić information content (AvgIpc) is 3.56. The molecule has 8 nitrogen and oxygen atoms in total. The van der Waals surface area contributed by atoms with E-state index in [0.29, 0.717) is 37.4 Å². The first-order valence-electron chi connectivity index (χ1n) is 14.4. The van der Waals surface area contributed by atoms with E-state index in [1.807, 2.05) is 42.5 Å². The van der Waals surface area contributed by atoms with Gasteiger partial charge < -0.3 is 24.5 Å². The number of thioether (sulfide) groups is 1. The number of fused-ring (bicyclic) bond motifs is 1.